The maximum Gasteiger partial charge on any atom is 0.216 e. The van der Waals surface area contributed by atoms with E-state index in [1.807, 2.05) is 6.07 Å². The predicted molar refractivity (Wildman–Crippen MR) is 89.6 cm³/mol. The van der Waals surface area contributed by atoms with Crippen LogP contribution in [-0.2, 0) is 6.42 Å². The summed E-state index contributed by atoms with van der Waals surface area (Å²) in [5.74, 6) is 1.34. The van der Waals surface area contributed by atoms with E-state index >= 15 is 0 Å². The Kier molecular flexibility index (Phi) is 5.08. The molecule has 1 aromatic carbocycles. The molecule has 2 aromatic rings. The van der Waals surface area contributed by atoms with Gasteiger partial charge in [-0.1, -0.05) is 6.42 Å². The van der Waals surface area contributed by atoms with Crippen molar-refractivity contribution >= 4 is 0 Å². The van der Waals surface area contributed by atoms with Crippen molar-refractivity contribution in [3.63, 3.8) is 0 Å². The van der Waals surface area contributed by atoms with Gasteiger partial charge in [0.25, 0.3) is 0 Å². The minimum absolute atomic E-state index is 0.250. The summed E-state index contributed by atoms with van der Waals surface area (Å²) in [6.07, 6.45) is 7.51. The number of phenolic OH excluding ortho intramolecular Hbond substituents is 1. The van der Waals surface area contributed by atoms with Crippen molar-refractivity contribution in [1.82, 2.24) is 15.3 Å². The summed E-state index contributed by atoms with van der Waals surface area (Å²) in [7, 11) is 1.58. The van der Waals surface area contributed by atoms with Crippen LogP contribution in [0.3, 0.4) is 0 Å². The molecule has 1 aromatic heterocycles. The van der Waals surface area contributed by atoms with Crippen molar-refractivity contribution < 1.29 is 9.84 Å². The molecule has 3 rings (SSSR count). The predicted octanol–water partition coefficient (Wildman–Crippen LogP) is 2.93. The summed E-state index contributed by atoms with van der Waals surface area (Å²) in [5.41, 5.74) is 1.93. The van der Waals surface area contributed by atoms with Gasteiger partial charge >= 0.3 is 0 Å². The van der Waals surface area contributed by atoms with E-state index in [4.69, 9.17) is 4.74 Å². The number of ether oxygens (including phenoxy) is 1. The molecule has 1 saturated heterocycles. The topological polar surface area (TPSA) is 67.3 Å². The van der Waals surface area contributed by atoms with Crippen molar-refractivity contribution in [2.24, 2.45) is 0 Å². The standard InChI is InChI=1S/C18H23N3O2/c1-23-17-7-9-20-18(21-17)14-10-13(11-16(22)12-14)5-6-15-4-2-3-8-19-15/h7,9-12,15,19,22H,2-6,8H2,1H3/t15-/m0/s1. The summed E-state index contributed by atoms with van der Waals surface area (Å²) in [5, 5.41) is 13.6. The average molecular weight is 313 g/mol. The van der Waals surface area contributed by atoms with E-state index in [9.17, 15) is 5.11 Å². The first-order valence-electron chi connectivity index (χ1n) is 8.18. The van der Waals surface area contributed by atoms with Gasteiger partial charge in [-0.15, -0.1) is 0 Å². The normalized spacial score (nSPS) is 17.9. The quantitative estimate of drug-likeness (QED) is 0.888. The van der Waals surface area contributed by atoms with E-state index in [2.05, 4.69) is 21.4 Å². The number of benzene rings is 1. The molecule has 2 N–H and O–H groups in total. The van der Waals surface area contributed by atoms with Gasteiger partial charge in [-0.2, -0.15) is 4.98 Å². The Morgan fingerprint density at radius 3 is 3.00 bits per heavy atom. The number of methoxy groups -OCH3 is 1. The molecule has 1 fully saturated rings. The van der Waals surface area contributed by atoms with Crippen LogP contribution in [0.1, 0.15) is 31.2 Å². The maximum atomic E-state index is 10.0. The Bertz CT molecular complexity index is 654. The lowest BCUT2D eigenvalue weighted by Gasteiger charge is -2.23. The summed E-state index contributed by atoms with van der Waals surface area (Å²) in [6.45, 7) is 1.12. The van der Waals surface area contributed by atoms with Crippen LogP contribution in [0.2, 0.25) is 0 Å². The lowest BCUT2D eigenvalue weighted by Crippen LogP contribution is -2.34. The zero-order valence-electron chi connectivity index (χ0n) is 13.5. The van der Waals surface area contributed by atoms with E-state index in [0.717, 1.165) is 30.5 Å². The van der Waals surface area contributed by atoms with Crippen LogP contribution in [0.4, 0.5) is 0 Å². The molecule has 1 atom stereocenters. The number of aryl methyl sites for hydroxylation is 1. The van der Waals surface area contributed by atoms with E-state index < -0.39 is 0 Å². The average Bonchev–Trinajstić information content (AvgIpc) is 2.60. The molecule has 5 heteroatoms. The highest BCUT2D eigenvalue weighted by molar-refractivity contribution is 5.59. The number of hydrogen-bond acceptors (Lipinski definition) is 5. The van der Waals surface area contributed by atoms with Crippen molar-refractivity contribution in [2.45, 2.75) is 38.1 Å². The van der Waals surface area contributed by atoms with Gasteiger partial charge in [-0.25, -0.2) is 4.98 Å². The van der Waals surface area contributed by atoms with E-state index in [-0.39, 0.29) is 5.75 Å². The molecule has 1 aliphatic heterocycles. The maximum absolute atomic E-state index is 10.0. The van der Waals surface area contributed by atoms with Crippen LogP contribution in [0.5, 0.6) is 11.6 Å². The number of rotatable bonds is 5. The Morgan fingerprint density at radius 2 is 2.22 bits per heavy atom. The molecular weight excluding hydrogens is 290 g/mol. The molecule has 122 valence electrons. The molecule has 0 unspecified atom stereocenters. The Labute approximate surface area is 136 Å². The minimum atomic E-state index is 0.250. The Balaban J connectivity index is 1.75. The third-order valence-electron chi connectivity index (χ3n) is 4.27. The first-order valence-corrected chi connectivity index (χ1v) is 8.18. The Hall–Kier alpha value is -2.14. The number of phenols is 1. The third-order valence-corrected chi connectivity index (χ3v) is 4.27. The molecule has 1 aliphatic rings. The minimum Gasteiger partial charge on any atom is -0.508 e. The van der Waals surface area contributed by atoms with E-state index in [1.165, 1.54) is 19.3 Å². The molecule has 5 nitrogen and oxygen atoms in total. The summed E-state index contributed by atoms with van der Waals surface area (Å²) >= 11 is 0. The molecule has 0 aliphatic carbocycles. The molecule has 2 heterocycles. The molecule has 0 radical (unpaired) electrons. The van der Waals surface area contributed by atoms with Crippen molar-refractivity contribution in [2.75, 3.05) is 13.7 Å². The van der Waals surface area contributed by atoms with Gasteiger partial charge in [0.2, 0.25) is 5.88 Å². The van der Waals surface area contributed by atoms with E-state index in [1.54, 1.807) is 25.4 Å². The SMILES string of the molecule is COc1ccnc(-c2cc(O)cc(CC[C@@H]3CCCCN3)c2)n1. The summed E-state index contributed by atoms with van der Waals surface area (Å²) in [6, 6.07) is 7.87. The largest absolute Gasteiger partial charge is 0.508 e. The second-order valence-electron chi connectivity index (χ2n) is 6.00. The van der Waals surface area contributed by atoms with Gasteiger partial charge in [-0.3, -0.25) is 0 Å². The highest BCUT2D eigenvalue weighted by Gasteiger charge is 2.13. The van der Waals surface area contributed by atoms with Gasteiger partial charge < -0.3 is 15.2 Å². The fourth-order valence-corrected chi connectivity index (χ4v) is 3.05. The molecule has 0 bridgehead atoms. The van der Waals surface area contributed by atoms with Gasteiger partial charge in [0.15, 0.2) is 5.82 Å². The first kappa shape index (κ1) is 15.7. The lowest BCUT2D eigenvalue weighted by atomic mass is 9.97. The monoisotopic (exact) mass is 313 g/mol. The summed E-state index contributed by atoms with van der Waals surface area (Å²) < 4.78 is 5.14. The fourth-order valence-electron chi connectivity index (χ4n) is 3.05. The number of aromatic nitrogens is 2. The van der Waals surface area contributed by atoms with Gasteiger partial charge in [0.1, 0.15) is 5.75 Å². The smallest absolute Gasteiger partial charge is 0.216 e. The molecule has 0 saturated carbocycles. The van der Waals surface area contributed by atoms with E-state index in [0.29, 0.717) is 17.7 Å². The van der Waals surface area contributed by atoms with Gasteiger partial charge in [-0.05, 0) is 56.0 Å². The summed E-state index contributed by atoms with van der Waals surface area (Å²) in [4.78, 5) is 8.61. The fraction of sp³-hybridized carbons (Fsp3) is 0.444. The van der Waals surface area contributed by atoms with Crippen LogP contribution in [0, 0.1) is 0 Å². The number of nitrogens with zero attached hydrogens (tertiary/aromatic N) is 2. The second kappa shape index (κ2) is 7.42. The molecule has 23 heavy (non-hydrogen) atoms. The Morgan fingerprint density at radius 1 is 1.30 bits per heavy atom. The number of hydrogen-bond donors (Lipinski definition) is 2. The lowest BCUT2D eigenvalue weighted by molar-refractivity contribution is 0.382. The van der Waals surface area contributed by atoms with Crippen molar-refractivity contribution in [3.05, 3.63) is 36.0 Å². The van der Waals surface area contributed by atoms with Crippen LogP contribution >= 0.6 is 0 Å². The van der Waals surface area contributed by atoms with Crippen molar-refractivity contribution in [3.8, 4) is 23.0 Å². The van der Waals surface area contributed by atoms with Crippen LogP contribution in [0.15, 0.2) is 30.5 Å². The number of piperidine rings is 1. The highest BCUT2D eigenvalue weighted by atomic mass is 16.5. The molecule has 0 amide bonds. The first-order chi connectivity index (χ1) is 11.2. The van der Waals surface area contributed by atoms with Crippen LogP contribution in [0.25, 0.3) is 11.4 Å². The zero-order chi connectivity index (χ0) is 16.1. The molecular formula is C18H23N3O2. The van der Waals surface area contributed by atoms with Gasteiger partial charge in [0.05, 0.1) is 7.11 Å². The van der Waals surface area contributed by atoms with Gasteiger partial charge in [0, 0.05) is 23.9 Å². The van der Waals surface area contributed by atoms with Crippen LogP contribution in [-0.4, -0.2) is 34.8 Å². The second-order valence-corrected chi connectivity index (χ2v) is 6.00. The molecule has 0 spiro atoms. The van der Waals surface area contributed by atoms with Crippen molar-refractivity contribution in [1.29, 1.82) is 0 Å². The third kappa shape index (κ3) is 4.20. The highest BCUT2D eigenvalue weighted by Crippen LogP contribution is 2.25. The number of aromatic hydroxyl groups is 1. The van der Waals surface area contributed by atoms with Crippen LogP contribution < -0.4 is 10.1 Å². The number of nitrogens with one attached hydrogen (secondary N) is 1. The zero-order valence-corrected chi connectivity index (χ0v) is 13.5.